The normalized spacial score (nSPS) is 30.0. The molecule has 0 aromatic carbocycles. The zero-order valence-corrected chi connectivity index (χ0v) is 33.8. The van der Waals surface area contributed by atoms with Crippen molar-refractivity contribution in [2.45, 2.75) is 164 Å². The molecule has 4 N–H and O–H groups in total. The van der Waals surface area contributed by atoms with Crippen LogP contribution in [0, 0.1) is 0 Å². The minimum absolute atomic E-state index is 0. The summed E-state index contributed by atoms with van der Waals surface area (Å²) < 4.78 is 0. The quantitative estimate of drug-likeness (QED) is 0.136. The summed E-state index contributed by atoms with van der Waals surface area (Å²) in [6, 6.07) is 3.42. The molecule has 0 amide bonds. The van der Waals surface area contributed by atoms with Crippen molar-refractivity contribution in [3.8, 4) is 0 Å². The number of rotatable bonds is 13. The van der Waals surface area contributed by atoms with Crippen LogP contribution in [0.15, 0.2) is 0 Å². The molecule has 6 aliphatic rings. The van der Waals surface area contributed by atoms with Crippen molar-refractivity contribution in [1.82, 2.24) is 9.80 Å². The van der Waals surface area contributed by atoms with E-state index >= 15 is 0 Å². The summed E-state index contributed by atoms with van der Waals surface area (Å²) in [7, 11) is 0. The van der Waals surface area contributed by atoms with E-state index in [9.17, 15) is 0 Å². The SMILES string of the molecule is C1CCC(CN(CC2CCCC[N-]2)CC2CCCC[N-]2)[N-]C1.C1CCC(CN(CC2CCCC[N-]2)CC2CCCC[N-]2)[N-]C1.OC(O)C(O)O.[Ni].[Ni]. The van der Waals surface area contributed by atoms with Gasteiger partial charge in [-0.05, 0) is 39.3 Å². The van der Waals surface area contributed by atoms with Gasteiger partial charge in [0.2, 0.25) is 12.6 Å². The van der Waals surface area contributed by atoms with Crippen LogP contribution in [0.5, 0.6) is 0 Å². The Morgan fingerprint density at radius 1 is 0.327 bits per heavy atom. The average Bonchev–Trinajstić information content (AvgIpc) is 3.15. The minimum atomic E-state index is -2.04. The molecule has 0 bridgehead atoms. The molecule has 14 heteroatoms. The van der Waals surface area contributed by atoms with Crippen molar-refractivity contribution in [3.63, 3.8) is 0 Å². The Labute approximate surface area is 336 Å². The molecular weight excluding hydrogens is 750 g/mol. The Morgan fingerprint density at radius 3 is 0.615 bits per heavy atom. The fourth-order valence-corrected chi connectivity index (χ4v) is 8.27. The molecule has 0 saturated carbocycles. The van der Waals surface area contributed by atoms with Crippen LogP contribution in [-0.2, 0) is 33.0 Å². The van der Waals surface area contributed by atoms with E-state index in [1.54, 1.807) is 0 Å². The molecule has 6 fully saturated rings. The third kappa shape index (κ3) is 21.1. The van der Waals surface area contributed by atoms with Crippen molar-refractivity contribution < 1.29 is 53.4 Å². The van der Waals surface area contributed by atoms with Crippen molar-refractivity contribution in [2.75, 3.05) is 78.5 Å². The molecule has 314 valence electrons. The third-order valence-corrected chi connectivity index (χ3v) is 11.1. The van der Waals surface area contributed by atoms with Gasteiger partial charge in [-0.1, -0.05) is 116 Å². The topological polar surface area (TPSA) is 172 Å². The maximum Gasteiger partial charge on any atom is 0.204 e. The van der Waals surface area contributed by atoms with Gasteiger partial charge in [0.15, 0.2) is 0 Å². The van der Waals surface area contributed by atoms with E-state index in [1.807, 2.05) is 0 Å². The van der Waals surface area contributed by atoms with Crippen LogP contribution >= 0.6 is 0 Å². The van der Waals surface area contributed by atoms with E-state index in [0.717, 1.165) is 78.5 Å². The van der Waals surface area contributed by atoms with Crippen LogP contribution < -0.4 is 0 Å². The summed E-state index contributed by atoms with van der Waals surface area (Å²) in [5.74, 6) is 0. The summed E-state index contributed by atoms with van der Waals surface area (Å²) in [5, 5.41) is 59.9. The van der Waals surface area contributed by atoms with E-state index < -0.39 is 12.6 Å². The largest absolute Gasteiger partial charge is 0.658 e. The number of hydrogen-bond donors (Lipinski definition) is 4. The van der Waals surface area contributed by atoms with Crippen LogP contribution in [-0.4, -0.2) is 158 Å². The zero-order valence-electron chi connectivity index (χ0n) is 31.8. The summed E-state index contributed by atoms with van der Waals surface area (Å²) in [6.45, 7) is 13.4. The second-order valence-electron chi connectivity index (χ2n) is 15.6. The van der Waals surface area contributed by atoms with Crippen LogP contribution in [0.4, 0.5) is 0 Å². The molecule has 6 rings (SSSR count). The van der Waals surface area contributed by atoms with E-state index in [-0.39, 0.29) is 33.0 Å². The van der Waals surface area contributed by atoms with Gasteiger partial charge in [-0.15, -0.1) is 75.5 Å². The minimum Gasteiger partial charge on any atom is -0.658 e. The van der Waals surface area contributed by atoms with Gasteiger partial charge in [0.1, 0.15) is 0 Å². The first-order valence-corrected chi connectivity index (χ1v) is 20.6. The number of hydrogen-bond acceptors (Lipinski definition) is 6. The van der Waals surface area contributed by atoms with Gasteiger partial charge in [0.25, 0.3) is 0 Å². The molecule has 0 aromatic rings. The molecule has 0 aromatic heterocycles. The maximum absolute atomic E-state index is 7.69. The Bertz CT molecular complexity index is 660. The first-order valence-electron chi connectivity index (χ1n) is 20.6. The maximum atomic E-state index is 7.69. The summed E-state index contributed by atoms with van der Waals surface area (Å²) >= 11 is 0. The van der Waals surface area contributed by atoms with Crippen LogP contribution in [0.2, 0.25) is 0 Å². The number of nitrogens with zero attached hydrogens (tertiary/aromatic N) is 8. The molecule has 6 unspecified atom stereocenters. The molecule has 52 heavy (non-hydrogen) atoms. The summed E-state index contributed by atoms with van der Waals surface area (Å²) in [4.78, 5) is 5.33. The van der Waals surface area contributed by atoms with E-state index in [0.29, 0.717) is 36.3 Å². The number of aliphatic hydroxyl groups excluding tert-OH is 2. The fourth-order valence-electron chi connectivity index (χ4n) is 8.27. The average molecular weight is 822 g/mol. The predicted molar refractivity (Wildman–Crippen MR) is 205 cm³/mol. The summed E-state index contributed by atoms with van der Waals surface area (Å²) in [6.07, 6.45) is 19.7. The Hall–Kier alpha value is 0.507. The Kier molecular flexibility index (Phi) is 27.8. The smallest absolute Gasteiger partial charge is 0.204 e. The molecular formula is C38H72N8Ni2O4-6. The molecule has 6 saturated heterocycles. The standard InChI is InChI=1S/2C18H33N4.C2H6O4.2Ni/c2*1-4-10-19-16(7-1)13-22(14-17-8-2-5-11-20-17)15-18-9-3-6-12-21-18;3-1(4)2(5)6;;/h2*16-18H,1-15H2;1-6H;;/q2*-3;;;. The van der Waals surface area contributed by atoms with E-state index in [1.165, 1.54) is 116 Å². The first kappa shape index (κ1) is 48.7. The first-order chi connectivity index (χ1) is 24.4. The molecule has 6 atom stereocenters. The fraction of sp³-hybridized carbons (Fsp3) is 1.00. The van der Waals surface area contributed by atoms with Crippen LogP contribution in [0.25, 0.3) is 31.9 Å². The van der Waals surface area contributed by atoms with Gasteiger partial charge < -0.3 is 62.1 Å². The second kappa shape index (κ2) is 29.7. The third-order valence-electron chi connectivity index (χ3n) is 11.1. The number of piperidine rings is 6. The van der Waals surface area contributed by atoms with Crippen LogP contribution in [0.1, 0.15) is 116 Å². The van der Waals surface area contributed by atoms with Crippen molar-refractivity contribution >= 4 is 0 Å². The van der Waals surface area contributed by atoms with E-state index in [2.05, 4.69) is 9.80 Å². The summed E-state index contributed by atoms with van der Waals surface area (Å²) in [5.41, 5.74) is 0. The Morgan fingerprint density at radius 2 is 0.500 bits per heavy atom. The van der Waals surface area contributed by atoms with Gasteiger partial charge in [0.05, 0.1) is 0 Å². The van der Waals surface area contributed by atoms with Crippen molar-refractivity contribution in [1.29, 1.82) is 0 Å². The predicted octanol–water partition coefficient (Wildman–Crippen LogP) is 5.74. The molecule has 0 radical (unpaired) electrons. The molecule has 12 nitrogen and oxygen atoms in total. The number of aliphatic hydroxyl groups is 4. The molecule has 6 aliphatic heterocycles. The molecule has 0 aliphatic carbocycles. The molecule has 0 spiro atoms. The van der Waals surface area contributed by atoms with Gasteiger partial charge in [-0.2, -0.15) is 0 Å². The van der Waals surface area contributed by atoms with Crippen molar-refractivity contribution in [2.24, 2.45) is 0 Å². The van der Waals surface area contributed by atoms with Crippen LogP contribution in [0.3, 0.4) is 0 Å². The van der Waals surface area contributed by atoms with E-state index in [4.69, 9.17) is 52.3 Å². The van der Waals surface area contributed by atoms with Crippen molar-refractivity contribution in [3.05, 3.63) is 31.9 Å². The second-order valence-corrected chi connectivity index (χ2v) is 15.6. The zero-order chi connectivity index (χ0) is 35.2. The van der Waals surface area contributed by atoms with Gasteiger partial charge in [-0.3, -0.25) is 0 Å². The van der Waals surface area contributed by atoms with Gasteiger partial charge >= 0.3 is 0 Å². The monoisotopic (exact) mass is 820 g/mol. The Balaban J connectivity index is 0.000000302. The van der Waals surface area contributed by atoms with Gasteiger partial charge in [-0.25, -0.2) is 0 Å². The van der Waals surface area contributed by atoms with Gasteiger partial charge in [0, 0.05) is 33.0 Å². The molecule has 6 heterocycles.